The predicted octanol–water partition coefficient (Wildman–Crippen LogP) is 4.83. The minimum atomic E-state index is -0.474. The maximum Gasteiger partial charge on any atom is 0.186 e. The third-order valence-corrected chi connectivity index (χ3v) is 5.44. The number of fused-ring (bicyclic) bond motifs is 1. The van der Waals surface area contributed by atoms with Gasteiger partial charge in [0.15, 0.2) is 11.6 Å². The van der Waals surface area contributed by atoms with Crippen LogP contribution in [0.25, 0.3) is 11.0 Å². The van der Waals surface area contributed by atoms with Gasteiger partial charge in [-0.3, -0.25) is 9.59 Å². The Morgan fingerprint density at radius 2 is 1.74 bits per heavy atom. The number of benzene rings is 2. The fourth-order valence-corrected chi connectivity index (χ4v) is 3.68. The fourth-order valence-electron chi connectivity index (χ4n) is 3.68. The number of carbonyl (C=O) groups excluding carboxylic acids is 2. The number of H-pyrrole nitrogens is 1. The summed E-state index contributed by atoms with van der Waals surface area (Å²) in [5, 5.41) is 4.16. The summed E-state index contributed by atoms with van der Waals surface area (Å²) in [6.45, 7) is 4.22. The van der Waals surface area contributed by atoms with Crippen LogP contribution in [-0.4, -0.2) is 28.1 Å². The van der Waals surface area contributed by atoms with Crippen molar-refractivity contribution in [1.82, 2.24) is 15.3 Å². The van der Waals surface area contributed by atoms with E-state index in [9.17, 15) is 9.59 Å². The molecule has 0 radical (unpaired) electrons. The molecule has 4 rings (SSSR count). The highest BCUT2D eigenvalue weighted by atomic mass is 16.1. The van der Waals surface area contributed by atoms with Gasteiger partial charge in [0, 0.05) is 30.6 Å². The van der Waals surface area contributed by atoms with Crippen molar-refractivity contribution in [2.45, 2.75) is 26.3 Å². The molecule has 5 nitrogen and oxygen atoms in total. The molecule has 31 heavy (non-hydrogen) atoms. The summed E-state index contributed by atoms with van der Waals surface area (Å²) in [5.74, 6) is -0.136. The van der Waals surface area contributed by atoms with Crippen molar-refractivity contribution < 1.29 is 9.59 Å². The Morgan fingerprint density at radius 3 is 2.45 bits per heavy atom. The zero-order valence-corrected chi connectivity index (χ0v) is 17.7. The van der Waals surface area contributed by atoms with Gasteiger partial charge in [0.1, 0.15) is 11.3 Å². The second kappa shape index (κ2) is 9.06. The SMILES string of the molecule is CC(=O)c1ccc2c(C(=O)[C@H](NCCc3ccc(C)cc3)c3ccccc3)c[nH]c2n1. The number of pyridine rings is 1. The van der Waals surface area contributed by atoms with Crippen LogP contribution < -0.4 is 5.32 Å². The predicted molar refractivity (Wildman–Crippen MR) is 122 cm³/mol. The van der Waals surface area contributed by atoms with Crippen LogP contribution >= 0.6 is 0 Å². The van der Waals surface area contributed by atoms with Gasteiger partial charge in [0.2, 0.25) is 0 Å². The molecule has 1 atom stereocenters. The van der Waals surface area contributed by atoms with Gasteiger partial charge in [-0.15, -0.1) is 0 Å². The smallest absolute Gasteiger partial charge is 0.186 e. The number of nitrogens with one attached hydrogen (secondary N) is 2. The molecular formula is C26H25N3O2. The Bertz CT molecular complexity index is 1210. The van der Waals surface area contributed by atoms with Gasteiger partial charge in [-0.25, -0.2) is 4.98 Å². The molecule has 0 unspecified atom stereocenters. The van der Waals surface area contributed by atoms with Crippen molar-refractivity contribution >= 4 is 22.6 Å². The largest absolute Gasteiger partial charge is 0.345 e. The third kappa shape index (κ3) is 4.62. The molecule has 0 saturated carbocycles. The van der Waals surface area contributed by atoms with Gasteiger partial charge < -0.3 is 10.3 Å². The van der Waals surface area contributed by atoms with Crippen LogP contribution in [0.2, 0.25) is 0 Å². The normalized spacial score (nSPS) is 12.1. The van der Waals surface area contributed by atoms with Crippen LogP contribution in [0.1, 0.15) is 50.5 Å². The van der Waals surface area contributed by atoms with Gasteiger partial charge >= 0.3 is 0 Å². The standard InChI is InChI=1S/C26H25N3O2/c1-17-8-10-19(11-9-17)14-15-27-24(20-6-4-3-5-7-20)25(31)22-16-28-26-21(22)12-13-23(29-26)18(2)30/h3-13,16,24,27H,14-15H2,1-2H3,(H,28,29)/t24-/m1/s1. The van der Waals surface area contributed by atoms with Crippen LogP contribution in [0, 0.1) is 6.92 Å². The van der Waals surface area contributed by atoms with E-state index in [1.165, 1.54) is 18.1 Å². The van der Waals surface area contributed by atoms with E-state index < -0.39 is 6.04 Å². The number of aromatic amines is 1. The van der Waals surface area contributed by atoms with Crippen LogP contribution in [0.15, 0.2) is 72.9 Å². The molecule has 0 saturated heterocycles. The number of aryl methyl sites for hydroxylation is 1. The molecule has 2 aromatic heterocycles. The summed E-state index contributed by atoms with van der Waals surface area (Å²) in [5.41, 5.74) is 4.86. The quantitative estimate of drug-likeness (QED) is 0.407. The Balaban J connectivity index is 1.59. The summed E-state index contributed by atoms with van der Waals surface area (Å²) in [7, 11) is 0. The second-order valence-corrected chi connectivity index (χ2v) is 7.75. The van der Waals surface area contributed by atoms with Crippen molar-refractivity contribution in [3.05, 3.63) is 101 Å². The first kappa shape index (κ1) is 20.7. The highest BCUT2D eigenvalue weighted by molar-refractivity contribution is 6.10. The van der Waals surface area contributed by atoms with E-state index >= 15 is 0 Å². The maximum absolute atomic E-state index is 13.5. The first-order valence-electron chi connectivity index (χ1n) is 10.4. The average molecular weight is 412 g/mol. The molecule has 0 aliphatic carbocycles. The summed E-state index contributed by atoms with van der Waals surface area (Å²) < 4.78 is 0. The molecule has 2 aromatic carbocycles. The lowest BCUT2D eigenvalue weighted by Crippen LogP contribution is -2.30. The Kier molecular flexibility index (Phi) is 6.05. The number of rotatable bonds is 8. The molecule has 4 aromatic rings. The number of aromatic nitrogens is 2. The molecule has 0 amide bonds. The molecule has 2 heterocycles. The van der Waals surface area contributed by atoms with E-state index in [1.54, 1.807) is 18.3 Å². The number of Topliss-reactive ketones (excluding diaryl/α,β-unsaturated/α-hetero) is 2. The molecule has 156 valence electrons. The lowest BCUT2D eigenvalue weighted by Gasteiger charge is -2.18. The first-order chi connectivity index (χ1) is 15.0. The maximum atomic E-state index is 13.5. The fraction of sp³-hybridized carbons (Fsp3) is 0.192. The summed E-state index contributed by atoms with van der Waals surface area (Å²) in [4.78, 5) is 32.6. The van der Waals surface area contributed by atoms with Gasteiger partial charge in [-0.1, -0.05) is 60.2 Å². The highest BCUT2D eigenvalue weighted by Gasteiger charge is 2.24. The summed E-state index contributed by atoms with van der Waals surface area (Å²) >= 11 is 0. The Hall–Kier alpha value is -3.57. The van der Waals surface area contributed by atoms with Gasteiger partial charge in [0.05, 0.1) is 6.04 Å². The molecule has 2 N–H and O–H groups in total. The molecule has 0 aliphatic heterocycles. The molecule has 0 fully saturated rings. The van der Waals surface area contributed by atoms with Crippen LogP contribution in [0.3, 0.4) is 0 Å². The number of hydrogen-bond acceptors (Lipinski definition) is 4. The first-order valence-corrected chi connectivity index (χ1v) is 10.4. The number of nitrogens with zero attached hydrogens (tertiary/aromatic N) is 1. The zero-order chi connectivity index (χ0) is 21.8. The summed E-state index contributed by atoms with van der Waals surface area (Å²) in [6, 6.07) is 21.2. The van der Waals surface area contributed by atoms with Crippen molar-refractivity contribution in [2.75, 3.05) is 6.54 Å². The van der Waals surface area contributed by atoms with Crippen molar-refractivity contribution in [3.63, 3.8) is 0 Å². The lowest BCUT2D eigenvalue weighted by atomic mass is 9.97. The highest BCUT2D eigenvalue weighted by Crippen LogP contribution is 2.24. The van der Waals surface area contributed by atoms with E-state index in [1.807, 2.05) is 30.3 Å². The summed E-state index contributed by atoms with van der Waals surface area (Å²) in [6.07, 6.45) is 2.51. The van der Waals surface area contributed by atoms with Crippen molar-refractivity contribution in [2.24, 2.45) is 0 Å². The van der Waals surface area contributed by atoms with Gasteiger partial charge in [-0.05, 0) is 36.6 Å². The molecule has 0 aliphatic rings. The molecular weight excluding hydrogens is 386 g/mol. The number of carbonyl (C=O) groups is 2. The van der Waals surface area contributed by atoms with E-state index in [4.69, 9.17) is 0 Å². The molecule has 5 heteroatoms. The van der Waals surface area contributed by atoms with E-state index in [2.05, 4.69) is 46.5 Å². The lowest BCUT2D eigenvalue weighted by molar-refractivity contribution is 0.0944. The van der Waals surface area contributed by atoms with Crippen LogP contribution in [-0.2, 0) is 6.42 Å². The molecule has 0 spiro atoms. The topological polar surface area (TPSA) is 74.8 Å². The number of ketones is 2. The van der Waals surface area contributed by atoms with E-state index in [-0.39, 0.29) is 11.6 Å². The Labute approximate surface area is 181 Å². The van der Waals surface area contributed by atoms with Crippen molar-refractivity contribution in [3.8, 4) is 0 Å². The number of hydrogen-bond donors (Lipinski definition) is 2. The van der Waals surface area contributed by atoms with E-state index in [0.29, 0.717) is 23.4 Å². The Morgan fingerprint density at radius 1 is 1.00 bits per heavy atom. The monoisotopic (exact) mass is 411 g/mol. The minimum Gasteiger partial charge on any atom is -0.345 e. The van der Waals surface area contributed by atoms with Gasteiger partial charge in [0.25, 0.3) is 0 Å². The molecule has 0 bridgehead atoms. The average Bonchev–Trinajstić information content (AvgIpc) is 3.21. The zero-order valence-electron chi connectivity index (χ0n) is 17.7. The van der Waals surface area contributed by atoms with Crippen LogP contribution in [0.5, 0.6) is 0 Å². The van der Waals surface area contributed by atoms with Gasteiger partial charge in [-0.2, -0.15) is 0 Å². The minimum absolute atomic E-state index is 0.0290. The second-order valence-electron chi connectivity index (χ2n) is 7.75. The van der Waals surface area contributed by atoms with Crippen molar-refractivity contribution in [1.29, 1.82) is 0 Å². The third-order valence-electron chi connectivity index (χ3n) is 5.44. The van der Waals surface area contributed by atoms with Crippen LogP contribution in [0.4, 0.5) is 0 Å². The van der Waals surface area contributed by atoms with E-state index in [0.717, 1.165) is 17.4 Å².